The van der Waals surface area contributed by atoms with Crippen molar-refractivity contribution in [2.24, 2.45) is 5.92 Å². The number of amides is 2. The van der Waals surface area contributed by atoms with E-state index in [9.17, 15) is 4.79 Å². The maximum atomic E-state index is 12.1. The smallest absolute Gasteiger partial charge is 0.317 e. The third-order valence-electron chi connectivity index (χ3n) is 4.24. The number of fused-ring (bicyclic) bond motifs is 1. The summed E-state index contributed by atoms with van der Waals surface area (Å²) in [6.45, 7) is 5.80. The van der Waals surface area contributed by atoms with Crippen molar-refractivity contribution >= 4 is 6.03 Å². The lowest BCUT2D eigenvalue weighted by Gasteiger charge is -2.31. The lowest BCUT2D eigenvalue weighted by atomic mass is 10.0. The Labute approximate surface area is 131 Å². The van der Waals surface area contributed by atoms with Crippen LogP contribution in [0.15, 0.2) is 18.2 Å². The average molecular weight is 304 g/mol. The number of likely N-dealkylation sites (tertiary alicyclic amines) is 1. The van der Waals surface area contributed by atoms with Gasteiger partial charge in [-0.2, -0.15) is 0 Å². The van der Waals surface area contributed by atoms with E-state index >= 15 is 0 Å². The first-order valence-electron chi connectivity index (χ1n) is 8.13. The molecule has 22 heavy (non-hydrogen) atoms. The molecule has 0 saturated carbocycles. The minimum atomic E-state index is 0.0593. The van der Waals surface area contributed by atoms with Crippen molar-refractivity contribution in [2.75, 3.05) is 32.8 Å². The van der Waals surface area contributed by atoms with E-state index in [2.05, 4.69) is 12.2 Å². The van der Waals surface area contributed by atoms with Gasteiger partial charge in [-0.15, -0.1) is 0 Å². The first-order chi connectivity index (χ1) is 10.7. The zero-order valence-electron chi connectivity index (χ0n) is 13.1. The molecule has 1 aromatic carbocycles. The van der Waals surface area contributed by atoms with Gasteiger partial charge in [0.1, 0.15) is 13.2 Å². The molecule has 0 bridgehead atoms. The lowest BCUT2D eigenvalue weighted by Crippen LogP contribution is -2.45. The molecule has 1 N–H and O–H groups in total. The minimum absolute atomic E-state index is 0.0593. The molecule has 1 fully saturated rings. The summed E-state index contributed by atoms with van der Waals surface area (Å²) >= 11 is 0. The first-order valence-corrected chi connectivity index (χ1v) is 8.13. The molecule has 0 aliphatic carbocycles. The number of rotatable bonds is 3. The van der Waals surface area contributed by atoms with Gasteiger partial charge in [-0.05, 0) is 42.9 Å². The number of benzene rings is 1. The summed E-state index contributed by atoms with van der Waals surface area (Å²) in [5.74, 6) is 2.22. The van der Waals surface area contributed by atoms with Gasteiger partial charge in [-0.3, -0.25) is 0 Å². The van der Waals surface area contributed by atoms with Crippen LogP contribution in [0.5, 0.6) is 11.5 Å². The van der Waals surface area contributed by atoms with Crippen LogP contribution in [0.25, 0.3) is 0 Å². The largest absolute Gasteiger partial charge is 0.486 e. The number of nitrogens with zero attached hydrogens (tertiary/aromatic N) is 1. The SMILES string of the molecule is CC1CCCN(C(=O)NCCc2ccc3c(c2)OCCO3)C1. The Kier molecular flexibility index (Phi) is 4.71. The van der Waals surface area contributed by atoms with E-state index in [-0.39, 0.29) is 6.03 Å². The second-order valence-electron chi connectivity index (χ2n) is 6.15. The van der Waals surface area contributed by atoms with Crippen molar-refractivity contribution < 1.29 is 14.3 Å². The zero-order valence-corrected chi connectivity index (χ0v) is 13.1. The average Bonchev–Trinajstić information content (AvgIpc) is 2.54. The molecule has 1 aromatic rings. The summed E-state index contributed by atoms with van der Waals surface area (Å²) in [5.41, 5.74) is 1.15. The van der Waals surface area contributed by atoms with Crippen LogP contribution in [-0.4, -0.2) is 43.8 Å². The van der Waals surface area contributed by atoms with Crippen molar-refractivity contribution in [3.63, 3.8) is 0 Å². The summed E-state index contributed by atoms with van der Waals surface area (Å²) in [5, 5.41) is 3.02. The van der Waals surface area contributed by atoms with E-state index in [4.69, 9.17) is 9.47 Å². The van der Waals surface area contributed by atoms with Crippen LogP contribution in [0.2, 0.25) is 0 Å². The van der Waals surface area contributed by atoms with Gasteiger partial charge in [0, 0.05) is 19.6 Å². The van der Waals surface area contributed by atoms with E-state index in [1.807, 2.05) is 23.1 Å². The predicted molar refractivity (Wildman–Crippen MR) is 84.5 cm³/mol. The maximum absolute atomic E-state index is 12.1. The summed E-state index contributed by atoms with van der Waals surface area (Å²) in [6, 6.07) is 6.04. The molecule has 1 atom stereocenters. The molecule has 120 valence electrons. The molecular weight excluding hydrogens is 280 g/mol. The Bertz CT molecular complexity index is 533. The summed E-state index contributed by atoms with van der Waals surface area (Å²) in [7, 11) is 0. The Morgan fingerprint density at radius 1 is 1.32 bits per heavy atom. The molecule has 5 nitrogen and oxygen atoms in total. The molecule has 2 aliphatic heterocycles. The van der Waals surface area contributed by atoms with E-state index in [1.165, 1.54) is 6.42 Å². The fraction of sp³-hybridized carbons (Fsp3) is 0.588. The molecule has 2 heterocycles. The molecule has 0 radical (unpaired) electrons. The van der Waals surface area contributed by atoms with E-state index < -0.39 is 0 Å². The number of urea groups is 1. The standard InChI is InChI=1S/C17H24N2O3/c1-13-3-2-8-19(12-13)17(20)18-7-6-14-4-5-15-16(11-14)22-10-9-21-15/h4-5,11,13H,2-3,6-10,12H2,1H3,(H,18,20). The highest BCUT2D eigenvalue weighted by molar-refractivity contribution is 5.74. The summed E-state index contributed by atoms with van der Waals surface area (Å²) < 4.78 is 11.1. The van der Waals surface area contributed by atoms with Gasteiger partial charge in [0.05, 0.1) is 0 Å². The van der Waals surface area contributed by atoms with Crippen molar-refractivity contribution in [1.82, 2.24) is 10.2 Å². The molecule has 5 heteroatoms. The highest BCUT2D eigenvalue weighted by Crippen LogP contribution is 2.30. The Morgan fingerprint density at radius 3 is 2.95 bits per heavy atom. The molecule has 1 saturated heterocycles. The van der Waals surface area contributed by atoms with E-state index in [0.717, 1.165) is 43.0 Å². The molecule has 0 aromatic heterocycles. The number of piperidine rings is 1. The monoisotopic (exact) mass is 304 g/mol. The van der Waals surface area contributed by atoms with Crippen molar-refractivity contribution in [3.05, 3.63) is 23.8 Å². The number of hydrogen-bond donors (Lipinski definition) is 1. The lowest BCUT2D eigenvalue weighted by molar-refractivity contribution is 0.169. The molecule has 2 amide bonds. The van der Waals surface area contributed by atoms with Crippen LogP contribution < -0.4 is 14.8 Å². The fourth-order valence-electron chi connectivity index (χ4n) is 3.04. The van der Waals surface area contributed by atoms with Crippen molar-refractivity contribution in [3.8, 4) is 11.5 Å². The summed E-state index contributed by atoms with van der Waals surface area (Å²) in [6.07, 6.45) is 3.13. The van der Waals surface area contributed by atoms with Crippen molar-refractivity contribution in [2.45, 2.75) is 26.2 Å². The molecule has 0 spiro atoms. The number of ether oxygens (including phenoxy) is 2. The quantitative estimate of drug-likeness (QED) is 0.933. The van der Waals surface area contributed by atoms with Gasteiger partial charge in [-0.1, -0.05) is 13.0 Å². The van der Waals surface area contributed by atoms with Crippen LogP contribution in [0.4, 0.5) is 4.79 Å². The van der Waals surface area contributed by atoms with Gasteiger partial charge >= 0.3 is 6.03 Å². The van der Waals surface area contributed by atoms with E-state index in [1.54, 1.807) is 0 Å². The van der Waals surface area contributed by atoms with Crippen LogP contribution in [-0.2, 0) is 6.42 Å². The molecule has 1 unspecified atom stereocenters. The molecule has 2 aliphatic rings. The zero-order chi connectivity index (χ0) is 15.4. The summed E-state index contributed by atoms with van der Waals surface area (Å²) in [4.78, 5) is 14.1. The van der Waals surface area contributed by atoms with Gasteiger partial charge in [0.25, 0.3) is 0 Å². The number of nitrogens with one attached hydrogen (secondary N) is 1. The van der Waals surface area contributed by atoms with Gasteiger partial charge in [0.15, 0.2) is 11.5 Å². The second-order valence-corrected chi connectivity index (χ2v) is 6.15. The predicted octanol–water partition coefficient (Wildman–Crippen LogP) is 2.44. The minimum Gasteiger partial charge on any atom is -0.486 e. The Morgan fingerprint density at radius 2 is 2.14 bits per heavy atom. The van der Waals surface area contributed by atoms with Crippen LogP contribution in [0.1, 0.15) is 25.3 Å². The Hall–Kier alpha value is -1.91. The van der Waals surface area contributed by atoms with Crippen LogP contribution in [0.3, 0.4) is 0 Å². The highest BCUT2D eigenvalue weighted by atomic mass is 16.6. The normalized spacial score (nSPS) is 20.6. The topological polar surface area (TPSA) is 50.8 Å². The van der Waals surface area contributed by atoms with Crippen LogP contribution >= 0.6 is 0 Å². The number of carbonyl (C=O) groups excluding carboxylic acids is 1. The third kappa shape index (κ3) is 3.64. The second kappa shape index (κ2) is 6.90. The first kappa shape index (κ1) is 15.0. The van der Waals surface area contributed by atoms with Crippen molar-refractivity contribution in [1.29, 1.82) is 0 Å². The number of carbonyl (C=O) groups is 1. The van der Waals surface area contributed by atoms with Gasteiger partial charge < -0.3 is 19.7 Å². The molecular formula is C17H24N2O3. The third-order valence-corrected chi connectivity index (χ3v) is 4.24. The number of hydrogen-bond acceptors (Lipinski definition) is 3. The van der Waals surface area contributed by atoms with E-state index in [0.29, 0.717) is 25.7 Å². The molecule has 3 rings (SSSR count). The van der Waals surface area contributed by atoms with Gasteiger partial charge in [-0.25, -0.2) is 4.79 Å². The highest BCUT2D eigenvalue weighted by Gasteiger charge is 2.20. The maximum Gasteiger partial charge on any atom is 0.317 e. The van der Waals surface area contributed by atoms with Crippen LogP contribution in [0, 0.1) is 5.92 Å². The Balaban J connectivity index is 1.47. The fourth-order valence-corrected chi connectivity index (χ4v) is 3.04. The van der Waals surface area contributed by atoms with Gasteiger partial charge in [0.2, 0.25) is 0 Å².